The van der Waals surface area contributed by atoms with Gasteiger partial charge in [-0.05, 0) is 48.4 Å². The monoisotopic (exact) mass is 441 g/mol. The molecule has 0 aromatic heterocycles. The number of carbonyl (C=O) groups excluding carboxylic acids is 2. The Labute approximate surface area is 187 Å². The predicted octanol–water partition coefficient (Wildman–Crippen LogP) is 2.34. The second-order valence-corrected chi connectivity index (χ2v) is 8.04. The zero-order valence-corrected chi connectivity index (χ0v) is 18.4. The Morgan fingerprint density at radius 2 is 1.62 bits per heavy atom. The summed E-state index contributed by atoms with van der Waals surface area (Å²) in [5.74, 6) is 0.771. The predicted molar refractivity (Wildman–Crippen MR) is 119 cm³/mol. The van der Waals surface area contributed by atoms with E-state index >= 15 is 0 Å². The van der Waals surface area contributed by atoms with Gasteiger partial charge in [0.15, 0.2) is 11.5 Å². The number of halogens is 1. The number of amides is 2. The van der Waals surface area contributed by atoms with Crippen LogP contribution in [0.1, 0.15) is 12.0 Å². The number of hydrogen-bond acceptors (Lipinski definition) is 6. The summed E-state index contributed by atoms with van der Waals surface area (Å²) in [6.45, 7) is 3.18. The van der Waals surface area contributed by atoms with Gasteiger partial charge in [-0.25, -0.2) is 4.39 Å². The lowest BCUT2D eigenvalue weighted by Crippen LogP contribution is -2.52. The first-order valence-electron chi connectivity index (χ1n) is 10.8. The summed E-state index contributed by atoms with van der Waals surface area (Å²) in [5.41, 5.74) is 1.94. The fourth-order valence-corrected chi connectivity index (χ4v) is 4.41. The third-order valence-electron chi connectivity index (χ3n) is 6.24. The minimum Gasteiger partial charge on any atom is -0.493 e. The van der Waals surface area contributed by atoms with Crippen LogP contribution in [-0.4, -0.2) is 74.6 Å². The van der Waals surface area contributed by atoms with Gasteiger partial charge >= 0.3 is 0 Å². The van der Waals surface area contributed by atoms with Crippen LogP contribution in [0, 0.1) is 5.82 Å². The molecular formula is C24H28FN3O4. The topological polar surface area (TPSA) is 62.3 Å². The van der Waals surface area contributed by atoms with Crippen molar-refractivity contribution in [3.05, 3.63) is 53.8 Å². The number of methoxy groups -OCH3 is 2. The van der Waals surface area contributed by atoms with E-state index in [2.05, 4.69) is 9.80 Å². The molecule has 8 heteroatoms. The molecule has 7 nitrogen and oxygen atoms in total. The van der Waals surface area contributed by atoms with Gasteiger partial charge in [0.25, 0.3) is 0 Å². The number of anilines is 1. The summed E-state index contributed by atoms with van der Waals surface area (Å²) >= 11 is 0. The van der Waals surface area contributed by atoms with E-state index in [0.29, 0.717) is 37.6 Å². The molecular weight excluding hydrogens is 413 g/mol. The maximum atomic E-state index is 13.2. The van der Waals surface area contributed by atoms with E-state index in [1.807, 2.05) is 18.2 Å². The Balaban J connectivity index is 1.33. The molecule has 2 saturated heterocycles. The number of ether oxygens (including phenoxy) is 2. The quantitative estimate of drug-likeness (QED) is 0.615. The average Bonchev–Trinajstić information content (AvgIpc) is 3.11. The minimum atomic E-state index is -0.400. The molecule has 4 rings (SSSR count). The second kappa shape index (κ2) is 9.56. The second-order valence-electron chi connectivity index (χ2n) is 8.04. The Kier molecular flexibility index (Phi) is 6.60. The van der Waals surface area contributed by atoms with E-state index in [0.717, 1.165) is 24.3 Å². The van der Waals surface area contributed by atoms with Crippen LogP contribution in [0.2, 0.25) is 0 Å². The molecule has 2 amide bonds. The molecule has 0 unspecified atom stereocenters. The van der Waals surface area contributed by atoms with E-state index in [1.165, 1.54) is 17.0 Å². The average molecular weight is 442 g/mol. The lowest BCUT2D eigenvalue weighted by Gasteiger charge is -2.38. The van der Waals surface area contributed by atoms with Gasteiger partial charge in [0.2, 0.25) is 11.8 Å². The van der Waals surface area contributed by atoms with E-state index in [4.69, 9.17) is 9.47 Å². The number of piperazine rings is 1. The molecule has 0 saturated carbocycles. The summed E-state index contributed by atoms with van der Waals surface area (Å²) < 4.78 is 23.8. The molecule has 170 valence electrons. The molecule has 0 aliphatic carbocycles. The molecule has 2 fully saturated rings. The lowest BCUT2D eigenvalue weighted by molar-refractivity contribution is -0.139. The van der Waals surface area contributed by atoms with E-state index in [9.17, 15) is 14.0 Å². The number of benzene rings is 2. The first-order valence-corrected chi connectivity index (χ1v) is 10.8. The van der Waals surface area contributed by atoms with Crippen LogP contribution in [0.25, 0.3) is 0 Å². The van der Waals surface area contributed by atoms with Gasteiger partial charge in [-0.2, -0.15) is 0 Å². The van der Waals surface area contributed by atoms with Gasteiger partial charge in [-0.1, -0.05) is 6.07 Å². The molecule has 0 radical (unpaired) electrons. The highest BCUT2D eigenvalue weighted by Crippen LogP contribution is 2.28. The number of rotatable bonds is 7. The fraction of sp³-hybridized carbons (Fsp3) is 0.417. The number of imide groups is 1. The first-order chi connectivity index (χ1) is 15.5. The van der Waals surface area contributed by atoms with E-state index in [1.54, 1.807) is 26.4 Å². The van der Waals surface area contributed by atoms with Crippen molar-refractivity contribution >= 4 is 17.5 Å². The van der Waals surface area contributed by atoms with Crippen LogP contribution in [0.4, 0.5) is 10.1 Å². The van der Waals surface area contributed by atoms with Crippen LogP contribution in [-0.2, 0) is 16.0 Å². The Hall–Kier alpha value is -3.13. The van der Waals surface area contributed by atoms with Gasteiger partial charge in [-0.15, -0.1) is 0 Å². The molecule has 2 aliphatic heterocycles. The highest BCUT2D eigenvalue weighted by Gasteiger charge is 2.42. The van der Waals surface area contributed by atoms with Gasteiger partial charge in [-0.3, -0.25) is 19.4 Å². The smallest absolute Gasteiger partial charge is 0.247 e. The van der Waals surface area contributed by atoms with Crippen molar-refractivity contribution < 1.29 is 23.5 Å². The maximum Gasteiger partial charge on any atom is 0.247 e. The van der Waals surface area contributed by atoms with Crippen molar-refractivity contribution in [2.75, 3.05) is 51.8 Å². The van der Waals surface area contributed by atoms with Crippen LogP contribution >= 0.6 is 0 Å². The van der Waals surface area contributed by atoms with Gasteiger partial charge in [0.05, 0.1) is 26.7 Å². The Bertz CT molecular complexity index is 974. The molecule has 2 aliphatic rings. The van der Waals surface area contributed by atoms with E-state index in [-0.39, 0.29) is 24.1 Å². The zero-order chi connectivity index (χ0) is 22.7. The lowest BCUT2D eigenvalue weighted by atomic mass is 10.1. The van der Waals surface area contributed by atoms with E-state index < -0.39 is 6.04 Å². The zero-order valence-electron chi connectivity index (χ0n) is 18.4. The van der Waals surface area contributed by atoms with Gasteiger partial charge in [0, 0.05) is 38.4 Å². The number of likely N-dealkylation sites (tertiary alicyclic amines) is 1. The molecule has 2 heterocycles. The van der Waals surface area contributed by atoms with Gasteiger partial charge in [0.1, 0.15) is 5.82 Å². The third kappa shape index (κ3) is 4.55. The van der Waals surface area contributed by atoms with Crippen LogP contribution in [0.15, 0.2) is 42.5 Å². The number of carbonyl (C=O) groups is 2. The van der Waals surface area contributed by atoms with Crippen LogP contribution in [0.5, 0.6) is 11.5 Å². The summed E-state index contributed by atoms with van der Waals surface area (Å²) in [6.07, 6.45) is 0.782. The normalized spacial score (nSPS) is 19.5. The largest absolute Gasteiger partial charge is 0.493 e. The SMILES string of the molecule is COc1ccc(CCN2C(=O)C[C@H](N3CCN(c4ccc(F)cc4)CC3)C2=O)cc1OC. The molecule has 1 atom stereocenters. The molecule has 32 heavy (non-hydrogen) atoms. The van der Waals surface area contributed by atoms with Crippen molar-refractivity contribution in [3.63, 3.8) is 0 Å². The number of nitrogens with zero attached hydrogens (tertiary/aromatic N) is 3. The molecule has 0 N–H and O–H groups in total. The summed E-state index contributed by atoms with van der Waals surface area (Å²) in [5, 5.41) is 0. The summed E-state index contributed by atoms with van der Waals surface area (Å²) in [6, 6.07) is 11.7. The Morgan fingerprint density at radius 3 is 2.28 bits per heavy atom. The maximum absolute atomic E-state index is 13.2. The molecule has 0 spiro atoms. The summed E-state index contributed by atoms with van der Waals surface area (Å²) in [4.78, 5) is 31.2. The van der Waals surface area contributed by atoms with Crippen LogP contribution < -0.4 is 14.4 Å². The fourth-order valence-electron chi connectivity index (χ4n) is 4.41. The molecule has 2 aromatic carbocycles. The highest BCUT2D eigenvalue weighted by molar-refractivity contribution is 6.05. The van der Waals surface area contributed by atoms with Crippen molar-refractivity contribution in [3.8, 4) is 11.5 Å². The van der Waals surface area contributed by atoms with Crippen molar-refractivity contribution in [2.24, 2.45) is 0 Å². The van der Waals surface area contributed by atoms with Crippen molar-refractivity contribution in [2.45, 2.75) is 18.9 Å². The minimum absolute atomic E-state index is 0.120. The third-order valence-corrected chi connectivity index (χ3v) is 6.24. The van der Waals surface area contributed by atoms with Crippen LogP contribution in [0.3, 0.4) is 0 Å². The van der Waals surface area contributed by atoms with Gasteiger partial charge < -0.3 is 14.4 Å². The highest BCUT2D eigenvalue weighted by atomic mass is 19.1. The standard InChI is InChI=1S/C24H28FN3O4/c1-31-21-8-3-17(15-22(21)32-2)9-10-28-23(29)16-20(24(28)30)27-13-11-26(12-14-27)19-6-4-18(25)5-7-19/h3-8,15,20H,9-14,16H2,1-2H3/t20-/m0/s1. The van der Waals surface area contributed by atoms with Crippen molar-refractivity contribution in [1.29, 1.82) is 0 Å². The number of hydrogen-bond donors (Lipinski definition) is 0. The van der Waals surface area contributed by atoms with Crippen molar-refractivity contribution in [1.82, 2.24) is 9.80 Å². The Morgan fingerprint density at radius 1 is 0.938 bits per heavy atom. The molecule has 0 bridgehead atoms. The summed E-state index contributed by atoms with van der Waals surface area (Å²) in [7, 11) is 3.16. The first kappa shape index (κ1) is 22.1. The molecule has 2 aromatic rings.